The van der Waals surface area contributed by atoms with Crippen molar-refractivity contribution in [3.05, 3.63) is 127 Å². The van der Waals surface area contributed by atoms with Crippen LogP contribution in [0.25, 0.3) is 64.2 Å². The van der Waals surface area contributed by atoms with Crippen molar-refractivity contribution < 1.29 is 0 Å². The molecule has 6 aromatic carbocycles. The molecule has 0 radical (unpaired) electrons. The van der Waals surface area contributed by atoms with Gasteiger partial charge in [-0.15, -0.1) is 11.3 Å². The maximum absolute atomic E-state index is 5.42. The normalized spacial score (nSPS) is 12.4. The highest BCUT2D eigenvalue weighted by Gasteiger charge is 2.28. The van der Waals surface area contributed by atoms with Crippen molar-refractivity contribution in [1.29, 1.82) is 0 Å². The monoisotopic (exact) mass is 527 g/mol. The highest BCUT2D eigenvalue weighted by atomic mass is 32.1. The lowest BCUT2D eigenvalue weighted by atomic mass is 9.91. The van der Waals surface area contributed by atoms with Gasteiger partial charge in [0.05, 0.1) is 27.3 Å². The molecule has 0 bridgehead atoms. The molecule has 0 atom stereocenters. The van der Waals surface area contributed by atoms with Gasteiger partial charge in [-0.2, -0.15) is 0 Å². The number of aromatic nitrogens is 2. The van der Waals surface area contributed by atoms with Gasteiger partial charge in [0.25, 0.3) is 0 Å². The molecule has 0 N–H and O–H groups in total. The van der Waals surface area contributed by atoms with Crippen LogP contribution in [-0.2, 0) is 0 Å². The second kappa shape index (κ2) is 8.22. The summed E-state index contributed by atoms with van der Waals surface area (Å²) in [6.07, 6.45) is 0. The molecule has 9 rings (SSSR count). The molecule has 40 heavy (non-hydrogen) atoms. The Morgan fingerprint density at radius 3 is 2.08 bits per heavy atom. The molecule has 3 nitrogen and oxygen atoms in total. The minimum Gasteiger partial charge on any atom is -0.278 e. The number of benzene rings is 6. The average Bonchev–Trinajstić information content (AvgIpc) is 3.39. The summed E-state index contributed by atoms with van der Waals surface area (Å²) in [6.45, 7) is 0. The minimum absolute atomic E-state index is 0.688. The van der Waals surface area contributed by atoms with Crippen LogP contribution in [0.15, 0.2) is 127 Å². The van der Waals surface area contributed by atoms with E-state index in [0.29, 0.717) is 5.95 Å². The quantitative estimate of drug-likeness (QED) is 0.224. The van der Waals surface area contributed by atoms with Crippen molar-refractivity contribution in [2.75, 3.05) is 4.90 Å². The highest BCUT2D eigenvalue weighted by molar-refractivity contribution is 7.26. The first-order chi connectivity index (χ1) is 19.8. The maximum Gasteiger partial charge on any atom is 0.235 e. The van der Waals surface area contributed by atoms with Crippen LogP contribution in [0.1, 0.15) is 0 Å². The molecular weight excluding hydrogens is 506 g/mol. The SMILES string of the molecule is c1ccc2c(c1)-c1cccc3cccc(c13)N2c1nc(-c2cccc3ccccc23)c2sc3ccccc3c2n1. The van der Waals surface area contributed by atoms with E-state index in [0.717, 1.165) is 38.2 Å². The highest BCUT2D eigenvalue weighted by Crippen LogP contribution is 2.51. The van der Waals surface area contributed by atoms with Gasteiger partial charge in [0.1, 0.15) is 0 Å². The van der Waals surface area contributed by atoms with Gasteiger partial charge in [-0.25, -0.2) is 9.97 Å². The Bertz CT molecular complexity index is 2290. The zero-order chi connectivity index (χ0) is 26.2. The van der Waals surface area contributed by atoms with E-state index in [2.05, 4.69) is 132 Å². The molecule has 1 aliphatic rings. The Balaban J connectivity index is 1.43. The third-order valence-corrected chi connectivity index (χ3v) is 9.18. The van der Waals surface area contributed by atoms with E-state index < -0.39 is 0 Å². The molecule has 3 heterocycles. The van der Waals surface area contributed by atoms with Gasteiger partial charge in [0.2, 0.25) is 5.95 Å². The Hall–Kier alpha value is -5.06. The fraction of sp³-hybridized carbons (Fsp3) is 0. The number of nitrogens with zero attached hydrogens (tertiary/aromatic N) is 3. The van der Waals surface area contributed by atoms with Crippen LogP contribution in [0.4, 0.5) is 17.3 Å². The van der Waals surface area contributed by atoms with Gasteiger partial charge in [0, 0.05) is 26.6 Å². The van der Waals surface area contributed by atoms with Crippen LogP contribution in [0.2, 0.25) is 0 Å². The Morgan fingerprint density at radius 1 is 0.500 bits per heavy atom. The van der Waals surface area contributed by atoms with Gasteiger partial charge in [-0.05, 0) is 39.9 Å². The van der Waals surface area contributed by atoms with Crippen molar-refractivity contribution in [1.82, 2.24) is 9.97 Å². The second-order valence-corrected chi connectivity index (χ2v) is 11.3. The molecule has 0 fully saturated rings. The van der Waals surface area contributed by atoms with E-state index in [-0.39, 0.29) is 0 Å². The molecule has 186 valence electrons. The number of rotatable bonds is 2. The Labute approximate surface area is 234 Å². The third-order valence-electron chi connectivity index (χ3n) is 8.01. The second-order valence-electron chi connectivity index (χ2n) is 10.2. The molecular formula is C36H21N3S. The Morgan fingerprint density at radius 2 is 1.15 bits per heavy atom. The summed E-state index contributed by atoms with van der Waals surface area (Å²) in [5.74, 6) is 0.688. The molecule has 0 saturated carbocycles. The Kier molecular flexibility index (Phi) is 4.48. The van der Waals surface area contributed by atoms with Gasteiger partial charge in [-0.1, -0.05) is 109 Å². The fourth-order valence-corrected chi connectivity index (χ4v) is 7.41. The fourth-order valence-electron chi connectivity index (χ4n) is 6.27. The van der Waals surface area contributed by atoms with Crippen molar-refractivity contribution in [3.63, 3.8) is 0 Å². The van der Waals surface area contributed by atoms with Crippen LogP contribution in [0.5, 0.6) is 0 Å². The van der Waals surface area contributed by atoms with E-state index in [1.165, 1.54) is 37.4 Å². The maximum atomic E-state index is 5.42. The van der Waals surface area contributed by atoms with Crippen LogP contribution in [0.3, 0.4) is 0 Å². The van der Waals surface area contributed by atoms with Crippen molar-refractivity contribution in [2.45, 2.75) is 0 Å². The summed E-state index contributed by atoms with van der Waals surface area (Å²) in [7, 11) is 0. The predicted octanol–water partition coefficient (Wildman–Crippen LogP) is 10.3. The summed E-state index contributed by atoms with van der Waals surface area (Å²) < 4.78 is 2.34. The lowest BCUT2D eigenvalue weighted by Gasteiger charge is -2.32. The molecule has 4 heteroatoms. The number of thiophene rings is 1. The van der Waals surface area contributed by atoms with E-state index in [9.17, 15) is 0 Å². The van der Waals surface area contributed by atoms with Crippen LogP contribution >= 0.6 is 11.3 Å². The number of hydrogen-bond donors (Lipinski definition) is 0. The number of para-hydroxylation sites is 1. The molecule has 1 aliphatic heterocycles. The number of fused-ring (bicyclic) bond motifs is 6. The largest absolute Gasteiger partial charge is 0.278 e. The summed E-state index contributed by atoms with van der Waals surface area (Å²) in [5, 5.41) is 6.01. The zero-order valence-corrected chi connectivity index (χ0v) is 22.2. The van der Waals surface area contributed by atoms with Gasteiger partial charge < -0.3 is 0 Å². The van der Waals surface area contributed by atoms with Gasteiger partial charge >= 0.3 is 0 Å². The summed E-state index contributed by atoms with van der Waals surface area (Å²) in [4.78, 5) is 13.0. The summed E-state index contributed by atoms with van der Waals surface area (Å²) in [5.41, 5.74) is 7.74. The number of hydrogen-bond acceptors (Lipinski definition) is 4. The molecule has 8 aromatic rings. The molecule has 0 spiro atoms. The molecule has 0 unspecified atom stereocenters. The minimum atomic E-state index is 0.688. The first-order valence-electron chi connectivity index (χ1n) is 13.4. The van der Waals surface area contributed by atoms with E-state index in [1.54, 1.807) is 11.3 Å². The smallest absolute Gasteiger partial charge is 0.235 e. The third kappa shape index (κ3) is 2.99. The molecule has 2 aromatic heterocycles. The lowest BCUT2D eigenvalue weighted by Crippen LogP contribution is -2.17. The van der Waals surface area contributed by atoms with Crippen LogP contribution < -0.4 is 4.90 Å². The van der Waals surface area contributed by atoms with Crippen LogP contribution in [0, 0.1) is 0 Å². The van der Waals surface area contributed by atoms with E-state index >= 15 is 0 Å². The topological polar surface area (TPSA) is 29.0 Å². The molecule has 0 amide bonds. The lowest BCUT2D eigenvalue weighted by molar-refractivity contribution is 1.12. The van der Waals surface area contributed by atoms with Gasteiger partial charge in [0.15, 0.2) is 0 Å². The van der Waals surface area contributed by atoms with Crippen LogP contribution in [-0.4, -0.2) is 9.97 Å². The first kappa shape index (κ1) is 21.8. The standard InChI is InChI=1S/C36H21N3S/c1-2-14-24-22(10-1)11-7-18-27(24)33-35-34(28-16-4-6-21-31(28)40-35)38-36(37-33)39-29-19-5-3-15-25(29)26-17-8-12-23-13-9-20-30(39)32(23)26/h1-21H. The zero-order valence-electron chi connectivity index (χ0n) is 21.4. The summed E-state index contributed by atoms with van der Waals surface area (Å²) in [6, 6.07) is 45.3. The first-order valence-corrected chi connectivity index (χ1v) is 14.3. The predicted molar refractivity (Wildman–Crippen MR) is 169 cm³/mol. The molecule has 0 saturated heterocycles. The molecule has 0 aliphatic carbocycles. The van der Waals surface area contributed by atoms with E-state index in [1.807, 2.05) is 0 Å². The summed E-state index contributed by atoms with van der Waals surface area (Å²) >= 11 is 1.77. The van der Waals surface area contributed by atoms with Crippen molar-refractivity contribution in [2.24, 2.45) is 0 Å². The van der Waals surface area contributed by atoms with Crippen molar-refractivity contribution in [3.8, 4) is 22.4 Å². The van der Waals surface area contributed by atoms with Gasteiger partial charge in [-0.3, -0.25) is 4.90 Å². The average molecular weight is 528 g/mol. The van der Waals surface area contributed by atoms with E-state index in [4.69, 9.17) is 9.97 Å². The van der Waals surface area contributed by atoms with Crippen molar-refractivity contribution >= 4 is 70.5 Å². The number of anilines is 3.